The zero-order chi connectivity index (χ0) is 18.1. The molecule has 1 N–H and O–H groups in total. The van der Waals surface area contributed by atoms with Crippen LogP contribution in [0, 0.1) is 5.92 Å². The van der Waals surface area contributed by atoms with Gasteiger partial charge in [0, 0.05) is 33.0 Å². The van der Waals surface area contributed by atoms with Crippen LogP contribution in [0.5, 0.6) is 11.5 Å². The number of aromatic nitrogens is 3. The Labute approximate surface area is 150 Å². The number of rotatable bonds is 3. The first-order valence-corrected chi connectivity index (χ1v) is 8.91. The topological polar surface area (TPSA) is 87.4 Å². The van der Waals surface area contributed by atoms with E-state index >= 15 is 0 Å². The van der Waals surface area contributed by atoms with Gasteiger partial charge in [0.05, 0.1) is 19.1 Å². The van der Waals surface area contributed by atoms with Crippen LogP contribution in [0.3, 0.4) is 0 Å². The lowest BCUT2D eigenvalue weighted by Crippen LogP contribution is -2.38. The van der Waals surface area contributed by atoms with Crippen LogP contribution in [0.15, 0.2) is 23.0 Å². The molecule has 2 aliphatic heterocycles. The zero-order valence-electron chi connectivity index (χ0n) is 14.7. The van der Waals surface area contributed by atoms with Crippen LogP contribution in [0.2, 0.25) is 0 Å². The third-order valence-corrected chi connectivity index (χ3v) is 4.85. The first-order valence-electron chi connectivity index (χ1n) is 8.91. The summed E-state index contributed by atoms with van der Waals surface area (Å²) in [6.45, 7) is 2.09. The van der Waals surface area contributed by atoms with Gasteiger partial charge < -0.3 is 14.8 Å². The molecule has 1 atom stereocenters. The number of nitrogens with zero attached hydrogens (tertiary/aromatic N) is 3. The van der Waals surface area contributed by atoms with Crippen molar-refractivity contribution in [1.29, 1.82) is 0 Å². The Kier molecular flexibility index (Phi) is 4.40. The van der Waals surface area contributed by atoms with Crippen LogP contribution in [-0.2, 0) is 31.4 Å². The number of amides is 1. The Morgan fingerprint density at radius 1 is 1.31 bits per heavy atom. The highest BCUT2D eigenvalue weighted by Crippen LogP contribution is 2.30. The van der Waals surface area contributed by atoms with Crippen molar-refractivity contribution in [3.05, 3.63) is 40.1 Å². The van der Waals surface area contributed by atoms with Gasteiger partial charge in [-0.15, -0.1) is 0 Å². The minimum absolute atomic E-state index is 0.0430. The predicted octanol–water partition coefficient (Wildman–Crippen LogP) is 0.622. The number of nitrogens with one attached hydrogen (secondary N) is 1. The average molecular weight is 358 g/mol. The summed E-state index contributed by atoms with van der Waals surface area (Å²) in [6.07, 6.45) is 2.19. The molecule has 0 saturated carbocycles. The number of hydrogen-bond donors (Lipinski definition) is 1. The van der Waals surface area contributed by atoms with E-state index in [1.165, 1.54) is 4.68 Å². The molecule has 2 aromatic rings. The van der Waals surface area contributed by atoms with Gasteiger partial charge >= 0.3 is 5.69 Å². The van der Waals surface area contributed by atoms with E-state index in [0.29, 0.717) is 39.1 Å². The molecule has 4 rings (SSSR count). The SMILES string of the molecule is Cn1nc2n(c1=O)C[C@@H](C(=O)NCc1ccc3c(c1)OCCCO3)CC2. The summed E-state index contributed by atoms with van der Waals surface area (Å²) >= 11 is 0. The molecule has 1 amide bonds. The maximum Gasteiger partial charge on any atom is 0.345 e. The van der Waals surface area contributed by atoms with Crippen LogP contribution < -0.4 is 20.5 Å². The molecule has 2 aliphatic rings. The van der Waals surface area contributed by atoms with Crippen LogP contribution in [0.4, 0.5) is 0 Å². The minimum atomic E-state index is -0.218. The third kappa shape index (κ3) is 3.18. The Balaban J connectivity index is 1.39. The fraction of sp³-hybridized carbons (Fsp3) is 0.500. The van der Waals surface area contributed by atoms with Crippen LogP contribution in [-0.4, -0.2) is 33.5 Å². The Morgan fingerprint density at radius 2 is 2.12 bits per heavy atom. The van der Waals surface area contributed by atoms with Gasteiger partial charge in [-0.25, -0.2) is 9.48 Å². The molecule has 3 heterocycles. The van der Waals surface area contributed by atoms with E-state index in [0.717, 1.165) is 29.3 Å². The molecule has 0 saturated heterocycles. The van der Waals surface area contributed by atoms with E-state index < -0.39 is 0 Å². The number of hydrogen-bond acceptors (Lipinski definition) is 5. The summed E-state index contributed by atoms with van der Waals surface area (Å²) in [5.74, 6) is 1.96. The number of aryl methyl sites for hydroxylation is 2. The van der Waals surface area contributed by atoms with Crippen LogP contribution in [0.25, 0.3) is 0 Å². The lowest BCUT2D eigenvalue weighted by molar-refractivity contribution is -0.126. The van der Waals surface area contributed by atoms with E-state index in [1.807, 2.05) is 18.2 Å². The molecule has 0 bridgehead atoms. The minimum Gasteiger partial charge on any atom is -0.490 e. The van der Waals surface area contributed by atoms with Gasteiger partial charge in [-0.2, -0.15) is 5.10 Å². The molecule has 8 nitrogen and oxygen atoms in total. The standard InChI is InChI=1S/C18H22N4O4/c1-21-18(24)22-11-13(4-6-16(22)20-21)17(23)19-10-12-3-5-14-15(9-12)26-8-2-7-25-14/h3,5,9,13H,2,4,6-8,10-11H2,1H3,(H,19,23)/t13-/m0/s1. The fourth-order valence-electron chi connectivity index (χ4n) is 3.40. The first kappa shape index (κ1) is 16.7. The van der Waals surface area contributed by atoms with Gasteiger partial charge in [0.1, 0.15) is 5.82 Å². The van der Waals surface area contributed by atoms with Gasteiger partial charge in [0.2, 0.25) is 5.91 Å². The lowest BCUT2D eigenvalue weighted by atomic mass is 9.98. The van der Waals surface area contributed by atoms with Crippen molar-refractivity contribution in [1.82, 2.24) is 19.7 Å². The largest absolute Gasteiger partial charge is 0.490 e. The number of fused-ring (bicyclic) bond motifs is 2. The molecule has 1 aromatic heterocycles. The highest BCUT2D eigenvalue weighted by Gasteiger charge is 2.27. The van der Waals surface area contributed by atoms with Crippen molar-refractivity contribution in [3.8, 4) is 11.5 Å². The number of carbonyl (C=O) groups excluding carboxylic acids is 1. The predicted molar refractivity (Wildman–Crippen MR) is 93.2 cm³/mol. The van der Waals surface area contributed by atoms with E-state index in [2.05, 4.69) is 10.4 Å². The molecule has 26 heavy (non-hydrogen) atoms. The molecule has 8 heteroatoms. The molecular formula is C18H22N4O4. The maximum absolute atomic E-state index is 12.5. The molecule has 0 unspecified atom stereocenters. The van der Waals surface area contributed by atoms with Gasteiger partial charge in [-0.05, 0) is 24.1 Å². The summed E-state index contributed by atoms with van der Waals surface area (Å²) < 4.78 is 14.2. The molecule has 0 spiro atoms. The molecule has 1 aromatic carbocycles. The molecule has 0 fully saturated rings. The van der Waals surface area contributed by atoms with Crippen molar-refractivity contribution >= 4 is 5.91 Å². The van der Waals surface area contributed by atoms with Gasteiger partial charge in [0.15, 0.2) is 11.5 Å². The summed E-state index contributed by atoms with van der Waals surface area (Å²) in [5.41, 5.74) is 0.790. The summed E-state index contributed by atoms with van der Waals surface area (Å²) in [7, 11) is 1.63. The average Bonchev–Trinajstić information content (AvgIpc) is 2.82. The van der Waals surface area contributed by atoms with E-state index in [-0.39, 0.29) is 17.5 Å². The van der Waals surface area contributed by atoms with E-state index in [9.17, 15) is 9.59 Å². The van der Waals surface area contributed by atoms with Crippen molar-refractivity contribution in [2.75, 3.05) is 13.2 Å². The smallest absolute Gasteiger partial charge is 0.345 e. The van der Waals surface area contributed by atoms with Crippen molar-refractivity contribution in [2.45, 2.75) is 32.4 Å². The Morgan fingerprint density at radius 3 is 2.96 bits per heavy atom. The second kappa shape index (κ2) is 6.86. The molecule has 138 valence electrons. The molecular weight excluding hydrogens is 336 g/mol. The van der Waals surface area contributed by atoms with Crippen LogP contribution >= 0.6 is 0 Å². The van der Waals surface area contributed by atoms with Crippen LogP contribution in [0.1, 0.15) is 24.2 Å². The maximum atomic E-state index is 12.5. The van der Waals surface area contributed by atoms with Crippen molar-refractivity contribution in [2.24, 2.45) is 13.0 Å². The van der Waals surface area contributed by atoms with E-state index in [1.54, 1.807) is 11.6 Å². The number of carbonyl (C=O) groups is 1. The lowest BCUT2D eigenvalue weighted by Gasteiger charge is -2.21. The number of ether oxygens (including phenoxy) is 2. The first-order chi connectivity index (χ1) is 12.6. The second-order valence-corrected chi connectivity index (χ2v) is 6.72. The summed E-state index contributed by atoms with van der Waals surface area (Å²) in [6, 6.07) is 5.72. The normalized spacial score (nSPS) is 18.7. The fourth-order valence-corrected chi connectivity index (χ4v) is 3.40. The third-order valence-electron chi connectivity index (χ3n) is 4.85. The van der Waals surface area contributed by atoms with Crippen molar-refractivity contribution in [3.63, 3.8) is 0 Å². The quantitative estimate of drug-likeness (QED) is 0.869. The highest BCUT2D eigenvalue weighted by atomic mass is 16.5. The van der Waals surface area contributed by atoms with Gasteiger partial charge in [-0.1, -0.05) is 6.07 Å². The summed E-state index contributed by atoms with van der Waals surface area (Å²) in [5, 5.41) is 7.17. The zero-order valence-corrected chi connectivity index (χ0v) is 14.7. The Hall–Kier alpha value is -2.77. The molecule has 0 radical (unpaired) electrons. The van der Waals surface area contributed by atoms with Gasteiger partial charge in [-0.3, -0.25) is 9.36 Å². The molecule has 0 aliphatic carbocycles. The van der Waals surface area contributed by atoms with Crippen molar-refractivity contribution < 1.29 is 14.3 Å². The highest BCUT2D eigenvalue weighted by molar-refractivity contribution is 5.78. The second-order valence-electron chi connectivity index (χ2n) is 6.72. The van der Waals surface area contributed by atoms with Gasteiger partial charge in [0.25, 0.3) is 0 Å². The van der Waals surface area contributed by atoms with E-state index in [4.69, 9.17) is 9.47 Å². The Bertz CT molecular complexity index is 886. The monoisotopic (exact) mass is 358 g/mol. The number of benzene rings is 1. The summed E-state index contributed by atoms with van der Waals surface area (Å²) in [4.78, 5) is 24.6.